The zero-order valence-corrected chi connectivity index (χ0v) is 12.7. The molecule has 0 bridgehead atoms. The highest BCUT2D eigenvalue weighted by Gasteiger charge is 2.37. The summed E-state index contributed by atoms with van der Waals surface area (Å²) in [7, 11) is 2.50. The number of halogens is 1. The fourth-order valence-corrected chi connectivity index (χ4v) is 3.91. The fraction of sp³-hybridized carbons (Fsp3) is 1.00. The van der Waals surface area contributed by atoms with Crippen LogP contribution in [0.25, 0.3) is 0 Å². The molecule has 1 unspecified atom stereocenters. The molecular formula is C11H25ClO3Si. The van der Waals surface area contributed by atoms with Crippen molar-refractivity contribution in [3.8, 4) is 0 Å². The van der Waals surface area contributed by atoms with Gasteiger partial charge in [0, 0.05) is 32.8 Å². The minimum atomic E-state index is -2.41. The topological polar surface area (TPSA) is 27.7 Å². The molecule has 5 heteroatoms. The SMILES string of the molecule is CCCCCC(Cl)CC[Si](OC)(OC)OC. The minimum absolute atomic E-state index is 0.207. The molecule has 0 aliphatic carbocycles. The quantitative estimate of drug-likeness (QED) is 0.345. The molecule has 0 aliphatic heterocycles. The Balaban J connectivity index is 3.82. The highest BCUT2D eigenvalue weighted by Crippen LogP contribution is 2.21. The summed E-state index contributed by atoms with van der Waals surface area (Å²) < 4.78 is 16.0. The van der Waals surface area contributed by atoms with Crippen LogP contribution in [0.5, 0.6) is 0 Å². The molecule has 3 nitrogen and oxygen atoms in total. The second-order valence-corrected chi connectivity index (χ2v) is 7.64. The average Bonchev–Trinajstić information content (AvgIpc) is 2.32. The van der Waals surface area contributed by atoms with Crippen LogP contribution in [0.1, 0.15) is 39.0 Å². The van der Waals surface area contributed by atoms with Crippen molar-refractivity contribution in [1.29, 1.82) is 0 Å². The van der Waals surface area contributed by atoms with Gasteiger partial charge in [-0.15, -0.1) is 11.6 Å². The van der Waals surface area contributed by atoms with Crippen molar-refractivity contribution >= 4 is 20.4 Å². The normalized spacial score (nSPS) is 14.1. The highest BCUT2D eigenvalue weighted by molar-refractivity contribution is 6.60. The summed E-state index contributed by atoms with van der Waals surface area (Å²) in [5, 5.41) is 0.207. The lowest BCUT2D eigenvalue weighted by molar-refractivity contribution is 0.123. The first kappa shape index (κ1) is 16.4. The molecule has 0 rings (SSSR count). The predicted octanol–water partition coefficient (Wildman–Crippen LogP) is 3.44. The van der Waals surface area contributed by atoms with E-state index in [1.165, 1.54) is 19.3 Å². The summed E-state index contributed by atoms with van der Waals surface area (Å²) in [6.45, 7) is 2.20. The van der Waals surface area contributed by atoms with Crippen molar-refractivity contribution in [2.75, 3.05) is 21.3 Å². The van der Waals surface area contributed by atoms with E-state index in [1.807, 2.05) is 0 Å². The Morgan fingerprint density at radius 3 is 2.00 bits per heavy atom. The first-order valence-electron chi connectivity index (χ1n) is 5.93. The van der Waals surface area contributed by atoms with E-state index < -0.39 is 8.80 Å². The molecule has 0 amide bonds. The van der Waals surface area contributed by atoms with E-state index in [2.05, 4.69) is 6.92 Å². The van der Waals surface area contributed by atoms with Crippen molar-refractivity contribution in [2.24, 2.45) is 0 Å². The van der Waals surface area contributed by atoms with E-state index in [0.717, 1.165) is 18.9 Å². The van der Waals surface area contributed by atoms with Gasteiger partial charge in [0.15, 0.2) is 0 Å². The lowest BCUT2D eigenvalue weighted by Gasteiger charge is -2.25. The van der Waals surface area contributed by atoms with E-state index in [0.29, 0.717) is 0 Å². The zero-order valence-electron chi connectivity index (χ0n) is 10.9. The van der Waals surface area contributed by atoms with Crippen LogP contribution < -0.4 is 0 Å². The Bertz CT molecular complexity index is 157. The number of unbranched alkanes of at least 4 members (excludes halogenated alkanes) is 2. The maximum absolute atomic E-state index is 6.25. The third kappa shape index (κ3) is 6.20. The van der Waals surface area contributed by atoms with Gasteiger partial charge in [0.25, 0.3) is 0 Å². The molecule has 16 heavy (non-hydrogen) atoms. The van der Waals surface area contributed by atoms with Gasteiger partial charge in [-0.05, 0) is 12.8 Å². The summed E-state index contributed by atoms with van der Waals surface area (Å²) >= 11 is 6.25. The summed E-state index contributed by atoms with van der Waals surface area (Å²) in [4.78, 5) is 0. The second-order valence-electron chi connectivity index (χ2n) is 3.93. The van der Waals surface area contributed by atoms with Crippen LogP contribution in [0.4, 0.5) is 0 Å². The van der Waals surface area contributed by atoms with Gasteiger partial charge in [-0.25, -0.2) is 0 Å². The Morgan fingerprint density at radius 1 is 1.00 bits per heavy atom. The molecular weight excluding hydrogens is 244 g/mol. The molecule has 0 fully saturated rings. The van der Waals surface area contributed by atoms with Gasteiger partial charge in [-0.3, -0.25) is 0 Å². The summed E-state index contributed by atoms with van der Waals surface area (Å²) in [5.41, 5.74) is 0. The molecule has 0 N–H and O–H groups in total. The van der Waals surface area contributed by atoms with Crippen LogP contribution in [0.3, 0.4) is 0 Å². The van der Waals surface area contributed by atoms with Gasteiger partial charge in [0.2, 0.25) is 0 Å². The summed E-state index contributed by atoms with van der Waals surface area (Å²) in [6.07, 6.45) is 5.65. The molecule has 0 aliphatic rings. The van der Waals surface area contributed by atoms with Crippen LogP contribution in [0, 0.1) is 0 Å². The van der Waals surface area contributed by atoms with Crippen LogP contribution in [-0.4, -0.2) is 35.5 Å². The lowest BCUT2D eigenvalue weighted by atomic mass is 10.1. The van der Waals surface area contributed by atoms with Crippen LogP contribution in [-0.2, 0) is 13.3 Å². The number of hydrogen-bond donors (Lipinski definition) is 0. The average molecular weight is 269 g/mol. The Labute approximate surface area is 106 Å². The van der Waals surface area contributed by atoms with Crippen molar-refractivity contribution in [1.82, 2.24) is 0 Å². The molecule has 0 saturated heterocycles. The first-order chi connectivity index (χ1) is 7.64. The third-order valence-electron chi connectivity index (χ3n) is 2.82. The van der Waals surface area contributed by atoms with Crippen LogP contribution >= 0.6 is 11.6 Å². The molecule has 0 spiro atoms. The predicted molar refractivity (Wildman–Crippen MR) is 70.0 cm³/mol. The molecule has 0 aromatic rings. The van der Waals surface area contributed by atoms with Gasteiger partial charge < -0.3 is 13.3 Å². The van der Waals surface area contributed by atoms with Crippen LogP contribution in [0.15, 0.2) is 0 Å². The number of rotatable bonds is 10. The number of alkyl halides is 1. The van der Waals surface area contributed by atoms with Crippen molar-refractivity contribution < 1.29 is 13.3 Å². The zero-order chi connectivity index (χ0) is 12.4. The van der Waals surface area contributed by atoms with Crippen LogP contribution in [0.2, 0.25) is 6.04 Å². The van der Waals surface area contributed by atoms with E-state index in [-0.39, 0.29) is 5.38 Å². The molecule has 0 saturated carbocycles. The van der Waals surface area contributed by atoms with Crippen molar-refractivity contribution in [2.45, 2.75) is 50.4 Å². The van der Waals surface area contributed by atoms with E-state index in [4.69, 9.17) is 24.9 Å². The van der Waals surface area contributed by atoms with Gasteiger partial charge in [-0.1, -0.05) is 26.2 Å². The van der Waals surface area contributed by atoms with E-state index in [9.17, 15) is 0 Å². The molecule has 1 atom stereocenters. The largest absolute Gasteiger partial charge is 0.500 e. The Hall–Kier alpha value is 0.387. The second kappa shape index (κ2) is 9.42. The van der Waals surface area contributed by atoms with Gasteiger partial charge >= 0.3 is 8.80 Å². The Kier molecular flexibility index (Phi) is 9.65. The van der Waals surface area contributed by atoms with Gasteiger partial charge in [0.05, 0.1) is 0 Å². The molecule has 0 radical (unpaired) electrons. The van der Waals surface area contributed by atoms with Gasteiger partial charge in [-0.2, -0.15) is 0 Å². The molecule has 0 heterocycles. The highest BCUT2D eigenvalue weighted by atomic mass is 35.5. The minimum Gasteiger partial charge on any atom is -0.377 e. The Morgan fingerprint density at radius 2 is 1.56 bits per heavy atom. The van der Waals surface area contributed by atoms with Gasteiger partial charge in [0.1, 0.15) is 0 Å². The standard InChI is InChI=1S/C11H25ClO3Si/c1-5-6-7-8-11(12)9-10-16(13-2,14-3)15-4/h11H,5-10H2,1-4H3. The summed E-state index contributed by atoms with van der Waals surface area (Å²) in [5.74, 6) is 0. The fourth-order valence-electron chi connectivity index (χ4n) is 1.65. The van der Waals surface area contributed by atoms with Crippen molar-refractivity contribution in [3.05, 3.63) is 0 Å². The monoisotopic (exact) mass is 268 g/mol. The smallest absolute Gasteiger partial charge is 0.377 e. The van der Waals surface area contributed by atoms with E-state index in [1.54, 1.807) is 21.3 Å². The molecule has 98 valence electrons. The van der Waals surface area contributed by atoms with E-state index >= 15 is 0 Å². The molecule has 0 aromatic carbocycles. The summed E-state index contributed by atoms with van der Waals surface area (Å²) in [6, 6.07) is 0.788. The maximum atomic E-state index is 6.25. The lowest BCUT2D eigenvalue weighted by Crippen LogP contribution is -2.43. The third-order valence-corrected chi connectivity index (χ3v) is 6.02. The number of hydrogen-bond acceptors (Lipinski definition) is 3. The molecule has 0 aromatic heterocycles. The van der Waals surface area contributed by atoms with Crippen molar-refractivity contribution in [3.63, 3.8) is 0 Å². The maximum Gasteiger partial charge on any atom is 0.500 e. The first-order valence-corrected chi connectivity index (χ1v) is 8.30.